The number of rotatable bonds is 8. The van der Waals surface area contributed by atoms with Crippen LogP contribution in [0.4, 0.5) is 0 Å². The quantitative estimate of drug-likeness (QED) is 0.520. The number of nitrogens with zero attached hydrogens (tertiary/aromatic N) is 2. The maximum Gasteiger partial charge on any atom is 0.338 e. The zero-order valence-corrected chi connectivity index (χ0v) is 17.3. The molecule has 0 radical (unpaired) electrons. The van der Waals surface area contributed by atoms with Crippen LogP contribution in [0, 0.1) is 0 Å². The minimum atomic E-state index is -0.520. The number of benzene rings is 2. The molecule has 3 aromatic rings. The Kier molecular flexibility index (Phi) is 7.33. The van der Waals surface area contributed by atoms with Crippen LogP contribution >= 0.6 is 0 Å². The lowest BCUT2D eigenvalue weighted by atomic mass is 10.0. The van der Waals surface area contributed by atoms with Crippen LogP contribution in [-0.2, 0) is 17.7 Å². The summed E-state index contributed by atoms with van der Waals surface area (Å²) >= 11 is 0. The van der Waals surface area contributed by atoms with E-state index >= 15 is 0 Å². The highest BCUT2D eigenvalue weighted by atomic mass is 16.5. The van der Waals surface area contributed by atoms with Crippen LogP contribution in [0.2, 0.25) is 0 Å². The monoisotopic (exact) mass is 402 g/mol. The lowest BCUT2D eigenvalue weighted by molar-refractivity contribution is 0.0579. The molecule has 0 aliphatic rings. The molecule has 154 valence electrons. The number of methoxy groups -OCH3 is 1. The van der Waals surface area contributed by atoms with Crippen molar-refractivity contribution in [3.63, 3.8) is 0 Å². The number of amides is 1. The fraction of sp³-hybridized carbons (Fsp3) is 0.240. The Hall–Kier alpha value is -3.47. The number of aromatic nitrogens is 1. The van der Waals surface area contributed by atoms with Gasteiger partial charge < -0.3 is 9.64 Å². The number of aryl methyl sites for hydroxylation is 1. The van der Waals surface area contributed by atoms with Gasteiger partial charge in [-0.15, -0.1) is 0 Å². The lowest BCUT2D eigenvalue weighted by Gasteiger charge is -2.30. The minimum Gasteiger partial charge on any atom is -0.465 e. The zero-order chi connectivity index (χ0) is 21.3. The molecule has 3 rings (SSSR count). The van der Waals surface area contributed by atoms with Gasteiger partial charge in [0.1, 0.15) is 0 Å². The first kappa shape index (κ1) is 21.2. The summed E-state index contributed by atoms with van der Waals surface area (Å²) in [7, 11) is 1.32. The van der Waals surface area contributed by atoms with E-state index in [2.05, 4.69) is 17.1 Å². The third-order valence-electron chi connectivity index (χ3n) is 5.11. The third kappa shape index (κ3) is 5.32. The van der Waals surface area contributed by atoms with Gasteiger partial charge in [0, 0.05) is 12.2 Å². The van der Waals surface area contributed by atoms with Gasteiger partial charge in [0.25, 0.3) is 5.91 Å². The molecule has 0 saturated heterocycles. The Morgan fingerprint density at radius 3 is 2.27 bits per heavy atom. The Bertz CT molecular complexity index is 974. The summed E-state index contributed by atoms with van der Waals surface area (Å²) in [6.07, 6.45) is 3.37. The number of carbonyl (C=O) groups excluding carboxylic acids is 2. The standard InChI is InChI=1S/C25H26N2O3/c1-19(15-16-20-10-4-3-5-11-20)27(18-21-12-8-9-17-26-21)24(28)22-13-6-7-14-23(22)25(29)30-2/h3-14,17,19H,15-16,18H2,1-2H3. The molecule has 1 atom stereocenters. The number of hydrogen-bond acceptors (Lipinski definition) is 4. The lowest BCUT2D eigenvalue weighted by Crippen LogP contribution is -2.39. The highest BCUT2D eigenvalue weighted by Crippen LogP contribution is 2.19. The minimum absolute atomic E-state index is 0.0505. The van der Waals surface area contributed by atoms with Gasteiger partial charge in [-0.2, -0.15) is 0 Å². The largest absolute Gasteiger partial charge is 0.465 e. The molecule has 1 aromatic heterocycles. The molecular weight excluding hydrogens is 376 g/mol. The van der Waals surface area contributed by atoms with E-state index in [1.54, 1.807) is 35.4 Å². The van der Waals surface area contributed by atoms with Crippen molar-refractivity contribution < 1.29 is 14.3 Å². The van der Waals surface area contributed by atoms with Crippen LogP contribution in [0.3, 0.4) is 0 Å². The summed E-state index contributed by atoms with van der Waals surface area (Å²) in [6.45, 7) is 2.40. The molecule has 0 aliphatic carbocycles. The van der Waals surface area contributed by atoms with Crippen LogP contribution in [-0.4, -0.2) is 34.9 Å². The number of hydrogen-bond donors (Lipinski definition) is 0. The molecular formula is C25H26N2O3. The van der Waals surface area contributed by atoms with E-state index in [-0.39, 0.29) is 17.5 Å². The second-order valence-electron chi connectivity index (χ2n) is 7.16. The van der Waals surface area contributed by atoms with Crippen molar-refractivity contribution in [2.45, 2.75) is 32.4 Å². The number of carbonyl (C=O) groups is 2. The van der Waals surface area contributed by atoms with Crippen LogP contribution in [0.25, 0.3) is 0 Å². The fourth-order valence-electron chi connectivity index (χ4n) is 3.38. The number of pyridine rings is 1. The molecule has 30 heavy (non-hydrogen) atoms. The summed E-state index contributed by atoms with van der Waals surface area (Å²) in [5.74, 6) is -0.726. The molecule has 1 heterocycles. The molecule has 2 aromatic carbocycles. The topological polar surface area (TPSA) is 59.5 Å². The fourth-order valence-corrected chi connectivity index (χ4v) is 3.38. The normalized spacial score (nSPS) is 11.5. The SMILES string of the molecule is COC(=O)c1ccccc1C(=O)N(Cc1ccccn1)C(C)CCc1ccccc1. The number of ether oxygens (including phenoxy) is 1. The van der Waals surface area contributed by atoms with Gasteiger partial charge in [0.05, 0.1) is 30.5 Å². The van der Waals surface area contributed by atoms with E-state index in [1.807, 2.05) is 43.3 Å². The van der Waals surface area contributed by atoms with Crippen molar-refractivity contribution in [3.05, 3.63) is 101 Å². The van der Waals surface area contributed by atoms with Crippen LogP contribution in [0.15, 0.2) is 79.0 Å². The Morgan fingerprint density at radius 2 is 1.60 bits per heavy atom. The van der Waals surface area contributed by atoms with Crippen molar-refractivity contribution in [1.29, 1.82) is 0 Å². The number of esters is 1. The second-order valence-corrected chi connectivity index (χ2v) is 7.16. The van der Waals surface area contributed by atoms with Crippen LogP contribution < -0.4 is 0 Å². The van der Waals surface area contributed by atoms with Crippen molar-refractivity contribution in [2.24, 2.45) is 0 Å². The Balaban J connectivity index is 1.87. The molecule has 0 aliphatic heterocycles. The maximum absolute atomic E-state index is 13.5. The van der Waals surface area contributed by atoms with Gasteiger partial charge >= 0.3 is 5.97 Å². The van der Waals surface area contributed by atoms with E-state index < -0.39 is 5.97 Å². The van der Waals surface area contributed by atoms with Crippen molar-refractivity contribution in [2.75, 3.05) is 7.11 Å². The van der Waals surface area contributed by atoms with Gasteiger partial charge in [0.15, 0.2) is 0 Å². The second kappa shape index (κ2) is 10.3. The highest BCUT2D eigenvalue weighted by molar-refractivity contribution is 6.05. The average molecular weight is 402 g/mol. The average Bonchev–Trinajstić information content (AvgIpc) is 2.81. The first-order valence-electron chi connectivity index (χ1n) is 10.0. The van der Waals surface area contributed by atoms with Crippen molar-refractivity contribution in [1.82, 2.24) is 9.88 Å². The van der Waals surface area contributed by atoms with Gasteiger partial charge in [-0.1, -0.05) is 48.5 Å². The molecule has 0 fully saturated rings. The molecule has 5 nitrogen and oxygen atoms in total. The molecule has 0 bridgehead atoms. The van der Waals surface area contributed by atoms with Crippen LogP contribution in [0.5, 0.6) is 0 Å². The summed E-state index contributed by atoms with van der Waals surface area (Å²) in [5, 5.41) is 0. The van der Waals surface area contributed by atoms with Gasteiger partial charge in [-0.05, 0) is 49.6 Å². The van der Waals surface area contributed by atoms with Gasteiger partial charge in [0.2, 0.25) is 0 Å². The van der Waals surface area contributed by atoms with Gasteiger partial charge in [-0.3, -0.25) is 9.78 Å². The predicted molar refractivity (Wildman–Crippen MR) is 116 cm³/mol. The molecule has 5 heteroatoms. The molecule has 0 saturated carbocycles. The first-order chi connectivity index (χ1) is 14.6. The molecule has 1 amide bonds. The molecule has 0 spiro atoms. The van der Waals surface area contributed by atoms with E-state index in [1.165, 1.54) is 12.7 Å². The Labute approximate surface area is 177 Å². The van der Waals surface area contributed by atoms with E-state index in [9.17, 15) is 9.59 Å². The Morgan fingerprint density at radius 1 is 0.933 bits per heavy atom. The first-order valence-corrected chi connectivity index (χ1v) is 10.0. The summed E-state index contributed by atoms with van der Waals surface area (Å²) < 4.78 is 4.87. The van der Waals surface area contributed by atoms with Crippen molar-refractivity contribution >= 4 is 11.9 Å². The van der Waals surface area contributed by atoms with E-state index in [0.29, 0.717) is 12.1 Å². The van der Waals surface area contributed by atoms with Crippen molar-refractivity contribution in [3.8, 4) is 0 Å². The molecule has 0 N–H and O–H groups in total. The summed E-state index contributed by atoms with van der Waals surface area (Å²) in [5.41, 5.74) is 2.63. The smallest absolute Gasteiger partial charge is 0.338 e. The predicted octanol–water partition coefficient (Wildman–Crippen LogP) is 4.53. The van der Waals surface area contributed by atoms with Crippen LogP contribution in [0.1, 0.15) is 45.3 Å². The summed E-state index contributed by atoms with van der Waals surface area (Å²) in [6, 6.07) is 22.6. The van der Waals surface area contributed by atoms with E-state index in [4.69, 9.17) is 4.74 Å². The third-order valence-corrected chi connectivity index (χ3v) is 5.11. The van der Waals surface area contributed by atoms with Gasteiger partial charge in [-0.25, -0.2) is 4.79 Å². The zero-order valence-electron chi connectivity index (χ0n) is 17.3. The highest BCUT2D eigenvalue weighted by Gasteiger charge is 2.26. The maximum atomic E-state index is 13.5. The summed E-state index contributed by atoms with van der Waals surface area (Å²) in [4.78, 5) is 31.9. The van der Waals surface area contributed by atoms with E-state index in [0.717, 1.165) is 18.5 Å². The molecule has 1 unspecified atom stereocenters.